The van der Waals surface area contributed by atoms with Crippen molar-refractivity contribution in [2.45, 2.75) is 25.6 Å². The molecule has 3 nitrogen and oxygen atoms in total. The van der Waals surface area contributed by atoms with Crippen molar-refractivity contribution in [2.75, 3.05) is 12.3 Å². The molecule has 1 heterocycles. The minimum absolute atomic E-state index is 0.117. The summed E-state index contributed by atoms with van der Waals surface area (Å²) in [5.41, 5.74) is 6.43. The summed E-state index contributed by atoms with van der Waals surface area (Å²) < 4.78 is 11.1. The lowest BCUT2D eigenvalue weighted by molar-refractivity contribution is -0.105. The molecule has 0 radical (unpaired) electrons. The molecule has 14 heavy (non-hydrogen) atoms. The van der Waals surface area contributed by atoms with Crippen molar-refractivity contribution >= 4 is 5.69 Å². The molecule has 1 aromatic carbocycles. The van der Waals surface area contributed by atoms with E-state index in [4.69, 9.17) is 15.2 Å². The number of hydrogen-bond acceptors (Lipinski definition) is 3. The average Bonchev–Trinajstić information content (AvgIpc) is 2.23. The molecule has 2 rings (SSSR count). The fourth-order valence-corrected chi connectivity index (χ4v) is 1.53. The molecule has 1 fully saturated rings. The maximum Gasteiger partial charge on any atom is 0.199 e. The summed E-state index contributed by atoms with van der Waals surface area (Å²) in [4.78, 5) is 0. The smallest absolute Gasteiger partial charge is 0.199 e. The van der Waals surface area contributed by atoms with Crippen LogP contribution in [0.5, 0.6) is 5.75 Å². The Bertz CT molecular complexity index is 295. The van der Waals surface area contributed by atoms with E-state index >= 15 is 0 Å². The van der Waals surface area contributed by atoms with E-state index in [2.05, 4.69) is 0 Å². The molecule has 1 aromatic rings. The van der Waals surface area contributed by atoms with Crippen LogP contribution in [0.3, 0.4) is 0 Å². The van der Waals surface area contributed by atoms with Crippen LogP contribution in [0.2, 0.25) is 0 Å². The van der Waals surface area contributed by atoms with Gasteiger partial charge in [0.1, 0.15) is 5.75 Å². The van der Waals surface area contributed by atoms with Gasteiger partial charge in [-0.2, -0.15) is 0 Å². The molecule has 1 aliphatic heterocycles. The number of anilines is 1. The van der Waals surface area contributed by atoms with Crippen molar-refractivity contribution in [3.63, 3.8) is 0 Å². The molecular formula is C11H15NO2. The first-order chi connectivity index (χ1) is 6.86. The summed E-state index contributed by atoms with van der Waals surface area (Å²) in [7, 11) is 0. The molecule has 0 amide bonds. The highest BCUT2D eigenvalue weighted by atomic mass is 16.7. The van der Waals surface area contributed by atoms with E-state index in [0.29, 0.717) is 5.69 Å². The standard InChI is InChI=1S/C11H15NO2/c12-9-5-1-2-6-10(9)14-11-7-3-4-8-13-11/h1-2,5-6,11H,3-4,7-8,12H2. The normalized spacial score (nSPS) is 21.9. The highest BCUT2D eigenvalue weighted by Crippen LogP contribution is 2.24. The summed E-state index contributed by atoms with van der Waals surface area (Å²) in [5, 5.41) is 0. The summed E-state index contributed by atoms with van der Waals surface area (Å²) >= 11 is 0. The quantitative estimate of drug-likeness (QED) is 0.732. The monoisotopic (exact) mass is 193 g/mol. The van der Waals surface area contributed by atoms with Crippen LogP contribution in [0, 0.1) is 0 Å². The van der Waals surface area contributed by atoms with E-state index in [1.165, 1.54) is 0 Å². The third-order valence-electron chi connectivity index (χ3n) is 2.32. The lowest BCUT2D eigenvalue weighted by Crippen LogP contribution is -2.25. The van der Waals surface area contributed by atoms with E-state index in [1.807, 2.05) is 24.3 Å². The van der Waals surface area contributed by atoms with Gasteiger partial charge in [0.05, 0.1) is 12.3 Å². The zero-order valence-corrected chi connectivity index (χ0v) is 8.11. The summed E-state index contributed by atoms with van der Waals surface area (Å²) in [6, 6.07) is 7.50. The van der Waals surface area contributed by atoms with Crippen molar-refractivity contribution < 1.29 is 9.47 Å². The minimum Gasteiger partial charge on any atom is -0.463 e. The van der Waals surface area contributed by atoms with Gasteiger partial charge in [0.25, 0.3) is 0 Å². The van der Waals surface area contributed by atoms with E-state index in [-0.39, 0.29) is 6.29 Å². The molecule has 0 spiro atoms. The Morgan fingerprint density at radius 3 is 2.86 bits per heavy atom. The first-order valence-corrected chi connectivity index (χ1v) is 4.99. The Morgan fingerprint density at radius 1 is 1.29 bits per heavy atom. The van der Waals surface area contributed by atoms with Gasteiger partial charge in [0, 0.05) is 6.42 Å². The number of nitrogen functional groups attached to an aromatic ring is 1. The maximum absolute atomic E-state index is 5.76. The Hall–Kier alpha value is -1.22. The second-order valence-electron chi connectivity index (χ2n) is 3.45. The van der Waals surface area contributed by atoms with Gasteiger partial charge in [-0.15, -0.1) is 0 Å². The largest absolute Gasteiger partial charge is 0.463 e. The number of ether oxygens (including phenoxy) is 2. The van der Waals surface area contributed by atoms with Gasteiger partial charge in [0.15, 0.2) is 6.29 Å². The first-order valence-electron chi connectivity index (χ1n) is 4.99. The molecule has 1 aliphatic rings. The van der Waals surface area contributed by atoms with Crippen LogP contribution in [0.25, 0.3) is 0 Å². The van der Waals surface area contributed by atoms with Gasteiger partial charge >= 0.3 is 0 Å². The predicted octanol–water partition coefficient (Wildman–Crippen LogP) is 2.17. The number of nitrogens with two attached hydrogens (primary N) is 1. The van der Waals surface area contributed by atoms with Crippen LogP contribution in [0.1, 0.15) is 19.3 Å². The minimum atomic E-state index is -0.117. The topological polar surface area (TPSA) is 44.5 Å². The zero-order chi connectivity index (χ0) is 9.80. The van der Waals surface area contributed by atoms with Crippen molar-refractivity contribution in [3.05, 3.63) is 24.3 Å². The molecular weight excluding hydrogens is 178 g/mol. The molecule has 0 aromatic heterocycles. The molecule has 1 saturated heterocycles. The van der Waals surface area contributed by atoms with Gasteiger partial charge < -0.3 is 15.2 Å². The van der Waals surface area contributed by atoms with Gasteiger partial charge in [-0.25, -0.2) is 0 Å². The van der Waals surface area contributed by atoms with Gasteiger partial charge in [0.2, 0.25) is 0 Å². The van der Waals surface area contributed by atoms with E-state index < -0.39 is 0 Å². The molecule has 0 bridgehead atoms. The van der Waals surface area contributed by atoms with Crippen molar-refractivity contribution in [3.8, 4) is 5.75 Å². The molecule has 0 aliphatic carbocycles. The third-order valence-corrected chi connectivity index (χ3v) is 2.32. The number of para-hydroxylation sites is 2. The van der Waals surface area contributed by atoms with E-state index in [9.17, 15) is 0 Å². The maximum atomic E-state index is 5.76. The third kappa shape index (κ3) is 2.17. The van der Waals surface area contributed by atoms with Crippen LogP contribution in [-0.4, -0.2) is 12.9 Å². The summed E-state index contributed by atoms with van der Waals surface area (Å²) in [6.07, 6.45) is 3.13. The van der Waals surface area contributed by atoms with Crippen molar-refractivity contribution in [1.29, 1.82) is 0 Å². The number of rotatable bonds is 2. The first kappa shape index (κ1) is 9.34. The molecule has 1 atom stereocenters. The van der Waals surface area contributed by atoms with E-state index in [0.717, 1.165) is 31.6 Å². The van der Waals surface area contributed by atoms with Gasteiger partial charge in [-0.3, -0.25) is 0 Å². The predicted molar refractivity (Wildman–Crippen MR) is 55.1 cm³/mol. The van der Waals surface area contributed by atoms with Crippen LogP contribution >= 0.6 is 0 Å². The second kappa shape index (κ2) is 4.33. The Labute approximate surface area is 83.8 Å². The average molecular weight is 193 g/mol. The fraction of sp³-hybridized carbons (Fsp3) is 0.455. The molecule has 76 valence electrons. The molecule has 0 saturated carbocycles. The SMILES string of the molecule is Nc1ccccc1OC1CCCCO1. The number of benzene rings is 1. The van der Waals surface area contributed by atoms with Crippen LogP contribution < -0.4 is 10.5 Å². The molecule has 2 N–H and O–H groups in total. The zero-order valence-electron chi connectivity index (χ0n) is 8.11. The Kier molecular flexibility index (Phi) is 2.89. The lowest BCUT2D eigenvalue weighted by atomic mass is 10.2. The number of hydrogen-bond donors (Lipinski definition) is 1. The van der Waals surface area contributed by atoms with Crippen LogP contribution in [0.15, 0.2) is 24.3 Å². The summed E-state index contributed by atoms with van der Waals surface area (Å²) in [5.74, 6) is 0.722. The van der Waals surface area contributed by atoms with Crippen molar-refractivity contribution in [1.82, 2.24) is 0 Å². The Balaban J connectivity index is 1.99. The van der Waals surface area contributed by atoms with E-state index in [1.54, 1.807) is 0 Å². The fourth-order valence-electron chi connectivity index (χ4n) is 1.53. The van der Waals surface area contributed by atoms with Crippen LogP contribution in [-0.2, 0) is 4.74 Å². The molecule has 1 unspecified atom stereocenters. The highest BCUT2D eigenvalue weighted by molar-refractivity contribution is 5.51. The highest BCUT2D eigenvalue weighted by Gasteiger charge is 2.15. The van der Waals surface area contributed by atoms with Crippen molar-refractivity contribution in [2.24, 2.45) is 0 Å². The molecule has 3 heteroatoms. The summed E-state index contributed by atoms with van der Waals surface area (Å²) in [6.45, 7) is 0.789. The van der Waals surface area contributed by atoms with Gasteiger partial charge in [-0.1, -0.05) is 12.1 Å². The Morgan fingerprint density at radius 2 is 2.14 bits per heavy atom. The van der Waals surface area contributed by atoms with Crippen LogP contribution in [0.4, 0.5) is 5.69 Å². The van der Waals surface area contributed by atoms with Gasteiger partial charge in [-0.05, 0) is 25.0 Å². The lowest BCUT2D eigenvalue weighted by Gasteiger charge is -2.23. The second-order valence-corrected chi connectivity index (χ2v) is 3.45.